The van der Waals surface area contributed by atoms with Crippen LogP contribution in [0.5, 0.6) is 0 Å². The highest BCUT2D eigenvalue weighted by Gasteiger charge is 2.10. The van der Waals surface area contributed by atoms with Crippen LogP contribution in [0.3, 0.4) is 0 Å². The summed E-state index contributed by atoms with van der Waals surface area (Å²) >= 11 is 0. The van der Waals surface area contributed by atoms with Gasteiger partial charge in [-0.2, -0.15) is 0 Å². The first kappa shape index (κ1) is 15.9. The van der Waals surface area contributed by atoms with Gasteiger partial charge in [0.25, 0.3) is 0 Å². The second-order valence-corrected chi connectivity index (χ2v) is 6.12. The molecule has 1 N–H and O–H groups in total. The number of rotatable bonds is 8. The third-order valence-electron chi connectivity index (χ3n) is 3.40. The molecular formula is C17H26N2O2. The lowest BCUT2D eigenvalue weighted by atomic mass is 10.2. The monoisotopic (exact) mass is 290 g/mol. The molecule has 4 nitrogen and oxygen atoms in total. The Morgan fingerprint density at radius 1 is 1.29 bits per heavy atom. The predicted octanol–water partition coefficient (Wildman–Crippen LogP) is 3.56. The van der Waals surface area contributed by atoms with E-state index in [0.29, 0.717) is 5.92 Å². The van der Waals surface area contributed by atoms with Crippen molar-refractivity contribution in [3.05, 3.63) is 47.3 Å². The quantitative estimate of drug-likeness (QED) is 0.807. The maximum atomic E-state index is 5.86. The average molecular weight is 290 g/mol. The van der Waals surface area contributed by atoms with E-state index in [1.165, 1.54) is 11.1 Å². The minimum atomic E-state index is 0.665. The van der Waals surface area contributed by atoms with E-state index in [4.69, 9.17) is 8.83 Å². The highest BCUT2D eigenvalue weighted by atomic mass is 16.3. The van der Waals surface area contributed by atoms with Crippen LogP contribution in [0.4, 0.5) is 0 Å². The fourth-order valence-electron chi connectivity index (χ4n) is 2.35. The predicted molar refractivity (Wildman–Crippen MR) is 83.9 cm³/mol. The number of nitrogens with zero attached hydrogens (tertiary/aromatic N) is 1. The van der Waals surface area contributed by atoms with Gasteiger partial charge in [0, 0.05) is 24.2 Å². The molecule has 0 aliphatic rings. The van der Waals surface area contributed by atoms with Crippen molar-refractivity contribution in [1.29, 1.82) is 0 Å². The van der Waals surface area contributed by atoms with Crippen molar-refractivity contribution in [2.24, 2.45) is 5.92 Å². The molecule has 0 saturated carbocycles. The largest absolute Gasteiger partial charge is 0.472 e. The summed E-state index contributed by atoms with van der Waals surface area (Å²) in [5.74, 6) is 2.69. The second kappa shape index (κ2) is 7.48. The Morgan fingerprint density at radius 2 is 2.10 bits per heavy atom. The molecule has 2 heterocycles. The third kappa shape index (κ3) is 5.06. The lowest BCUT2D eigenvalue weighted by Crippen LogP contribution is -2.19. The molecule has 0 saturated heterocycles. The smallest absolute Gasteiger partial charge is 0.118 e. The standard InChI is InChI=1S/C17H26N2O2/c1-13(2)8-18-9-16-7-17(21-14(16)3)11-19(4)10-15-5-6-20-12-15/h5-7,12-13,18H,8-11H2,1-4H3. The SMILES string of the molecule is Cc1oc(CN(C)Cc2ccoc2)cc1CNCC(C)C. The molecule has 21 heavy (non-hydrogen) atoms. The Hall–Kier alpha value is -1.52. The van der Waals surface area contributed by atoms with Gasteiger partial charge in [-0.15, -0.1) is 0 Å². The Balaban J connectivity index is 1.86. The van der Waals surface area contributed by atoms with E-state index >= 15 is 0 Å². The average Bonchev–Trinajstić information content (AvgIpc) is 3.00. The van der Waals surface area contributed by atoms with Crippen LogP contribution >= 0.6 is 0 Å². The van der Waals surface area contributed by atoms with Crippen LogP contribution in [0.2, 0.25) is 0 Å². The number of hydrogen-bond donors (Lipinski definition) is 1. The van der Waals surface area contributed by atoms with Gasteiger partial charge in [0.15, 0.2) is 0 Å². The fourth-order valence-corrected chi connectivity index (χ4v) is 2.35. The third-order valence-corrected chi connectivity index (χ3v) is 3.40. The van der Waals surface area contributed by atoms with E-state index in [-0.39, 0.29) is 0 Å². The molecule has 4 heteroatoms. The van der Waals surface area contributed by atoms with Crippen molar-refractivity contribution in [1.82, 2.24) is 10.2 Å². The lowest BCUT2D eigenvalue weighted by molar-refractivity contribution is 0.284. The maximum Gasteiger partial charge on any atom is 0.118 e. The molecule has 116 valence electrons. The lowest BCUT2D eigenvalue weighted by Gasteiger charge is -2.13. The van der Waals surface area contributed by atoms with E-state index in [9.17, 15) is 0 Å². The van der Waals surface area contributed by atoms with Crippen molar-refractivity contribution < 1.29 is 8.83 Å². The van der Waals surface area contributed by atoms with Gasteiger partial charge in [-0.05, 0) is 38.6 Å². The molecule has 0 aromatic carbocycles. The zero-order valence-corrected chi connectivity index (χ0v) is 13.5. The molecule has 0 radical (unpaired) electrons. The van der Waals surface area contributed by atoms with Crippen molar-refractivity contribution in [3.8, 4) is 0 Å². The van der Waals surface area contributed by atoms with Gasteiger partial charge in [0.1, 0.15) is 11.5 Å². The van der Waals surface area contributed by atoms with E-state index in [2.05, 4.69) is 37.2 Å². The Morgan fingerprint density at radius 3 is 2.76 bits per heavy atom. The molecule has 0 fully saturated rings. The van der Waals surface area contributed by atoms with Crippen LogP contribution < -0.4 is 5.32 Å². The zero-order chi connectivity index (χ0) is 15.2. The van der Waals surface area contributed by atoms with Gasteiger partial charge in [-0.3, -0.25) is 4.90 Å². The van der Waals surface area contributed by atoms with Crippen molar-refractivity contribution >= 4 is 0 Å². The molecule has 2 rings (SSSR count). The first-order chi connectivity index (χ1) is 10.0. The zero-order valence-electron chi connectivity index (χ0n) is 13.5. The summed E-state index contributed by atoms with van der Waals surface area (Å²) in [6.45, 7) is 10.0. The number of hydrogen-bond acceptors (Lipinski definition) is 4. The molecule has 0 aliphatic carbocycles. The Labute approximate surface area is 127 Å². The van der Waals surface area contributed by atoms with Crippen molar-refractivity contribution in [3.63, 3.8) is 0 Å². The van der Waals surface area contributed by atoms with Gasteiger partial charge in [-0.1, -0.05) is 13.8 Å². The van der Waals surface area contributed by atoms with Crippen LogP contribution in [0.1, 0.15) is 36.5 Å². The van der Waals surface area contributed by atoms with Gasteiger partial charge in [0.2, 0.25) is 0 Å². The molecular weight excluding hydrogens is 264 g/mol. The van der Waals surface area contributed by atoms with Crippen LogP contribution in [0, 0.1) is 12.8 Å². The van der Waals surface area contributed by atoms with Gasteiger partial charge >= 0.3 is 0 Å². The molecule has 0 unspecified atom stereocenters. The summed E-state index contributed by atoms with van der Waals surface area (Å²) in [6, 6.07) is 4.15. The van der Waals surface area contributed by atoms with E-state index < -0.39 is 0 Å². The minimum Gasteiger partial charge on any atom is -0.472 e. The van der Waals surface area contributed by atoms with Crippen molar-refractivity contribution in [2.75, 3.05) is 13.6 Å². The Bertz CT molecular complexity index is 529. The Kier molecular flexibility index (Phi) is 5.65. The van der Waals surface area contributed by atoms with Crippen LogP contribution in [0.25, 0.3) is 0 Å². The summed E-state index contributed by atoms with van der Waals surface area (Å²) in [4.78, 5) is 2.22. The number of aryl methyl sites for hydroxylation is 1. The van der Waals surface area contributed by atoms with Gasteiger partial charge < -0.3 is 14.2 Å². The fraction of sp³-hybridized carbons (Fsp3) is 0.529. The number of nitrogens with one attached hydrogen (secondary N) is 1. The summed E-state index contributed by atoms with van der Waals surface area (Å²) in [5, 5.41) is 3.46. The summed E-state index contributed by atoms with van der Waals surface area (Å²) in [6.07, 6.45) is 3.49. The van der Waals surface area contributed by atoms with Gasteiger partial charge in [-0.25, -0.2) is 0 Å². The molecule has 0 aliphatic heterocycles. The van der Waals surface area contributed by atoms with Crippen LogP contribution in [-0.4, -0.2) is 18.5 Å². The molecule has 0 spiro atoms. The summed E-state index contributed by atoms with van der Waals surface area (Å²) in [5.41, 5.74) is 2.43. The van der Waals surface area contributed by atoms with Crippen molar-refractivity contribution in [2.45, 2.75) is 40.4 Å². The molecule has 0 bridgehead atoms. The van der Waals surface area contributed by atoms with E-state index in [1.807, 2.05) is 13.0 Å². The second-order valence-electron chi connectivity index (χ2n) is 6.12. The highest BCUT2D eigenvalue weighted by molar-refractivity contribution is 5.20. The van der Waals surface area contributed by atoms with E-state index in [0.717, 1.165) is 37.7 Å². The molecule has 0 amide bonds. The molecule has 2 aromatic rings. The summed E-state index contributed by atoms with van der Waals surface area (Å²) in [7, 11) is 2.08. The van der Waals surface area contributed by atoms with Gasteiger partial charge in [0.05, 0.1) is 19.1 Å². The first-order valence-electron chi connectivity index (χ1n) is 7.53. The first-order valence-corrected chi connectivity index (χ1v) is 7.53. The topological polar surface area (TPSA) is 41.6 Å². The molecule has 2 aromatic heterocycles. The van der Waals surface area contributed by atoms with Crippen LogP contribution in [-0.2, 0) is 19.6 Å². The molecule has 0 atom stereocenters. The number of furan rings is 2. The van der Waals surface area contributed by atoms with Crippen LogP contribution in [0.15, 0.2) is 33.5 Å². The highest BCUT2D eigenvalue weighted by Crippen LogP contribution is 2.17. The summed E-state index contributed by atoms with van der Waals surface area (Å²) < 4.78 is 11.0. The maximum absolute atomic E-state index is 5.86. The minimum absolute atomic E-state index is 0.665. The normalized spacial score (nSPS) is 11.7. The van der Waals surface area contributed by atoms with E-state index in [1.54, 1.807) is 12.5 Å².